The summed E-state index contributed by atoms with van der Waals surface area (Å²) in [5.74, 6) is -0.163. The minimum absolute atomic E-state index is 0.163. The predicted molar refractivity (Wildman–Crippen MR) is 102 cm³/mol. The summed E-state index contributed by atoms with van der Waals surface area (Å²) < 4.78 is 1.61. The average Bonchev–Trinajstić information content (AvgIpc) is 3.17. The van der Waals surface area contributed by atoms with Crippen molar-refractivity contribution in [2.75, 3.05) is 5.32 Å². The van der Waals surface area contributed by atoms with Gasteiger partial charge in [-0.25, -0.2) is 0 Å². The quantitative estimate of drug-likeness (QED) is 0.651. The van der Waals surface area contributed by atoms with Crippen LogP contribution < -0.4 is 5.32 Å². The molecule has 0 saturated heterocycles. The number of rotatable bonds is 5. The number of hydrogen-bond donors (Lipinski definition) is 1. The number of aromatic nitrogens is 2. The van der Waals surface area contributed by atoms with E-state index in [1.807, 2.05) is 56.3 Å². The lowest BCUT2D eigenvalue weighted by atomic mass is 10.2. The van der Waals surface area contributed by atoms with Crippen LogP contribution in [0.3, 0.4) is 0 Å². The molecule has 6 nitrogen and oxygen atoms in total. The minimum Gasteiger partial charge on any atom is -0.322 e. The maximum Gasteiger partial charge on any atom is 0.249 e. The van der Waals surface area contributed by atoms with Crippen molar-refractivity contribution >= 4 is 23.0 Å². The first-order valence-corrected chi connectivity index (χ1v) is 8.42. The number of nitrogens with one attached hydrogen (secondary N) is 1. The number of benzene rings is 2. The van der Waals surface area contributed by atoms with E-state index in [-0.39, 0.29) is 5.91 Å². The lowest BCUT2D eigenvalue weighted by Crippen LogP contribution is -2.24. The average molecular weight is 347 g/mol. The molecule has 0 unspecified atom stereocenters. The molecular formula is C20H21N5O. The van der Waals surface area contributed by atoms with E-state index in [1.54, 1.807) is 30.1 Å². The van der Waals surface area contributed by atoms with Crippen LogP contribution >= 0.6 is 0 Å². The van der Waals surface area contributed by atoms with Crippen molar-refractivity contribution in [2.24, 2.45) is 10.2 Å². The molecule has 1 heterocycles. The summed E-state index contributed by atoms with van der Waals surface area (Å²) in [6.45, 7) is 5.79. The van der Waals surface area contributed by atoms with Crippen LogP contribution in [0.4, 0.5) is 17.1 Å². The number of carbonyl (C=O) groups excluding carboxylic acids is 1. The fourth-order valence-corrected chi connectivity index (χ4v) is 2.42. The van der Waals surface area contributed by atoms with E-state index >= 15 is 0 Å². The Morgan fingerprint density at radius 1 is 1.08 bits per heavy atom. The largest absolute Gasteiger partial charge is 0.322 e. The SMILES string of the molecule is Cc1ccc(N=Nc2cc(C)ccc2NC(=O)[C@H](C)n2cccn2)cc1. The van der Waals surface area contributed by atoms with Crippen molar-refractivity contribution in [1.82, 2.24) is 9.78 Å². The van der Waals surface area contributed by atoms with Crippen LogP contribution in [0.5, 0.6) is 0 Å². The highest BCUT2D eigenvalue weighted by molar-refractivity contribution is 5.96. The predicted octanol–water partition coefficient (Wildman–Crippen LogP) is 5.12. The van der Waals surface area contributed by atoms with Gasteiger partial charge in [-0.15, -0.1) is 5.11 Å². The Morgan fingerprint density at radius 2 is 1.81 bits per heavy atom. The molecular weight excluding hydrogens is 326 g/mol. The molecule has 1 N–H and O–H groups in total. The Kier molecular flexibility index (Phi) is 5.22. The summed E-state index contributed by atoms with van der Waals surface area (Å²) in [4.78, 5) is 12.5. The van der Waals surface area contributed by atoms with Gasteiger partial charge >= 0.3 is 0 Å². The Hall–Kier alpha value is -3.28. The fraction of sp³-hybridized carbons (Fsp3) is 0.200. The summed E-state index contributed by atoms with van der Waals surface area (Å²) in [7, 11) is 0. The summed E-state index contributed by atoms with van der Waals surface area (Å²) in [6.07, 6.45) is 3.41. The molecule has 132 valence electrons. The lowest BCUT2D eigenvalue weighted by molar-refractivity contribution is -0.119. The number of nitrogens with zero attached hydrogens (tertiary/aromatic N) is 4. The van der Waals surface area contributed by atoms with Gasteiger partial charge in [-0.05, 0) is 56.7 Å². The standard InChI is InChI=1S/C20H21N5O/c1-14-5-8-17(9-6-14)23-24-19-13-15(2)7-10-18(19)22-20(26)16(3)25-12-4-11-21-25/h4-13,16H,1-3H3,(H,22,26)/t16-/m0/s1. The first-order chi connectivity index (χ1) is 12.5. The van der Waals surface area contributed by atoms with Gasteiger partial charge in [0.2, 0.25) is 5.91 Å². The maximum atomic E-state index is 12.5. The Labute approximate surface area is 152 Å². The van der Waals surface area contributed by atoms with Crippen molar-refractivity contribution < 1.29 is 4.79 Å². The third kappa shape index (κ3) is 4.22. The number of amides is 1. The van der Waals surface area contributed by atoms with Gasteiger partial charge in [0.05, 0.1) is 11.4 Å². The monoisotopic (exact) mass is 347 g/mol. The van der Waals surface area contributed by atoms with Gasteiger partial charge in [0, 0.05) is 12.4 Å². The molecule has 1 atom stereocenters. The molecule has 3 rings (SSSR count). The van der Waals surface area contributed by atoms with Crippen LogP contribution in [0.1, 0.15) is 24.1 Å². The highest BCUT2D eigenvalue weighted by Gasteiger charge is 2.16. The van der Waals surface area contributed by atoms with Gasteiger partial charge in [0.15, 0.2) is 0 Å². The topological polar surface area (TPSA) is 71.6 Å². The van der Waals surface area contributed by atoms with E-state index in [0.29, 0.717) is 11.4 Å². The van der Waals surface area contributed by atoms with Crippen LogP contribution in [0.2, 0.25) is 0 Å². The zero-order valence-corrected chi connectivity index (χ0v) is 15.0. The second kappa shape index (κ2) is 7.74. The molecule has 0 radical (unpaired) electrons. The molecule has 0 aliphatic carbocycles. The van der Waals surface area contributed by atoms with Gasteiger partial charge in [-0.2, -0.15) is 10.2 Å². The van der Waals surface area contributed by atoms with Crippen LogP contribution in [0.15, 0.2) is 71.2 Å². The van der Waals surface area contributed by atoms with Crippen molar-refractivity contribution in [3.63, 3.8) is 0 Å². The van der Waals surface area contributed by atoms with Gasteiger partial charge in [0.25, 0.3) is 0 Å². The van der Waals surface area contributed by atoms with Crippen molar-refractivity contribution in [3.8, 4) is 0 Å². The van der Waals surface area contributed by atoms with E-state index in [4.69, 9.17) is 0 Å². The molecule has 26 heavy (non-hydrogen) atoms. The number of anilines is 1. The second-order valence-electron chi connectivity index (χ2n) is 6.21. The number of aryl methyl sites for hydroxylation is 2. The van der Waals surface area contributed by atoms with Gasteiger partial charge in [-0.3, -0.25) is 9.48 Å². The molecule has 6 heteroatoms. The van der Waals surface area contributed by atoms with E-state index in [1.165, 1.54) is 5.56 Å². The first kappa shape index (κ1) is 17.5. The second-order valence-corrected chi connectivity index (χ2v) is 6.21. The van der Waals surface area contributed by atoms with Crippen LogP contribution in [0.25, 0.3) is 0 Å². The molecule has 0 fully saturated rings. The maximum absolute atomic E-state index is 12.5. The molecule has 1 aromatic heterocycles. The number of hydrogen-bond acceptors (Lipinski definition) is 4. The zero-order chi connectivity index (χ0) is 18.5. The highest BCUT2D eigenvalue weighted by atomic mass is 16.2. The Morgan fingerprint density at radius 3 is 2.50 bits per heavy atom. The van der Waals surface area contributed by atoms with Crippen LogP contribution in [0, 0.1) is 13.8 Å². The minimum atomic E-state index is -0.423. The summed E-state index contributed by atoms with van der Waals surface area (Å²) in [5.41, 5.74) is 4.21. The first-order valence-electron chi connectivity index (χ1n) is 8.42. The van der Waals surface area contributed by atoms with Gasteiger partial charge < -0.3 is 5.32 Å². The van der Waals surface area contributed by atoms with E-state index in [0.717, 1.165) is 11.3 Å². The van der Waals surface area contributed by atoms with E-state index in [9.17, 15) is 4.79 Å². The van der Waals surface area contributed by atoms with Crippen molar-refractivity contribution in [2.45, 2.75) is 26.8 Å². The summed E-state index contributed by atoms with van der Waals surface area (Å²) >= 11 is 0. The number of carbonyl (C=O) groups is 1. The van der Waals surface area contributed by atoms with E-state index in [2.05, 4.69) is 20.6 Å². The van der Waals surface area contributed by atoms with Gasteiger partial charge in [-0.1, -0.05) is 23.8 Å². The Balaban J connectivity index is 1.81. The third-order valence-electron chi connectivity index (χ3n) is 4.02. The zero-order valence-electron chi connectivity index (χ0n) is 15.0. The molecule has 0 aliphatic heterocycles. The van der Waals surface area contributed by atoms with E-state index < -0.39 is 6.04 Å². The molecule has 0 bridgehead atoms. The summed E-state index contributed by atoms with van der Waals surface area (Å²) in [5, 5.41) is 15.6. The molecule has 2 aromatic carbocycles. The molecule has 0 spiro atoms. The van der Waals surface area contributed by atoms with Crippen LogP contribution in [-0.2, 0) is 4.79 Å². The highest BCUT2D eigenvalue weighted by Crippen LogP contribution is 2.29. The van der Waals surface area contributed by atoms with Crippen LogP contribution in [-0.4, -0.2) is 15.7 Å². The summed E-state index contributed by atoms with van der Waals surface area (Å²) in [6, 6.07) is 14.8. The third-order valence-corrected chi connectivity index (χ3v) is 4.02. The molecule has 0 saturated carbocycles. The molecule has 0 aliphatic rings. The number of azo groups is 1. The van der Waals surface area contributed by atoms with Crippen molar-refractivity contribution in [1.29, 1.82) is 0 Å². The smallest absolute Gasteiger partial charge is 0.249 e. The fourth-order valence-electron chi connectivity index (χ4n) is 2.42. The normalized spacial score (nSPS) is 12.3. The molecule has 3 aromatic rings. The Bertz CT molecular complexity index is 914. The van der Waals surface area contributed by atoms with Crippen molar-refractivity contribution in [3.05, 3.63) is 72.1 Å². The van der Waals surface area contributed by atoms with Gasteiger partial charge in [0.1, 0.15) is 11.7 Å². The molecule has 1 amide bonds. The lowest BCUT2D eigenvalue weighted by Gasteiger charge is -2.14.